The number of hydrogen-bond acceptors (Lipinski definition) is 8. The summed E-state index contributed by atoms with van der Waals surface area (Å²) < 4.78 is 52.1. The molecule has 4 fully saturated rings. The number of rotatable bonds is 8. The van der Waals surface area contributed by atoms with E-state index < -0.39 is 78.7 Å². The van der Waals surface area contributed by atoms with Gasteiger partial charge >= 0.3 is 28.5 Å². The SMILES string of the molecule is CC1(C)OB(c2ccc(C(c3ccc(B4OC(C)(C)C(C)(C)O4)cc3)(c3ccc(B4OC(C)(C)C(C)(C)O4)cc3)c3ccc(B4OC(C)(C)C(C)(C)O4)cc3)cc2)OC1(C)C. The Labute approximate surface area is 366 Å². The summed E-state index contributed by atoms with van der Waals surface area (Å²) in [6, 6.07) is 34.9. The zero-order valence-corrected chi connectivity index (χ0v) is 39.3. The lowest BCUT2D eigenvalue weighted by molar-refractivity contribution is 0.00578. The third-order valence-corrected chi connectivity index (χ3v) is 15.5. The van der Waals surface area contributed by atoms with Crippen molar-refractivity contribution in [1.82, 2.24) is 0 Å². The number of hydrogen-bond donors (Lipinski definition) is 0. The van der Waals surface area contributed by atoms with Crippen LogP contribution in [0.25, 0.3) is 0 Å². The van der Waals surface area contributed by atoms with Crippen molar-refractivity contribution >= 4 is 50.3 Å². The Bertz CT molecular complexity index is 1860. The van der Waals surface area contributed by atoms with Crippen LogP contribution in [-0.2, 0) is 42.6 Å². The van der Waals surface area contributed by atoms with Crippen LogP contribution in [0.3, 0.4) is 0 Å². The highest BCUT2D eigenvalue weighted by Crippen LogP contribution is 2.46. The molecule has 4 aromatic rings. The van der Waals surface area contributed by atoms with Gasteiger partial charge in [0.05, 0.1) is 50.2 Å². The number of benzene rings is 4. The average Bonchev–Trinajstić information content (AvgIpc) is 3.73. The van der Waals surface area contributed by atoms with Crippen molar-refractivity contribution in [3.8, 4) is 0 Å². The molecule has 0 aliphatic carbocycles. The van der Waals surface area contributed by atoms with Crippen LogP contribution in [0.5, 0.6) is 0 Å². The van der Waals surface area contributed by atoms with Crippen LogP contribution in [0.4, 0.5) is 0 Å². The summed E-state index contributed by atoms with van der Waals surface area (Å²) >= 11 is 0. The van der Waals surface area contributed by atoms with Crippen molar-refractivity contribution in [1.29, 1.82) is 0 Å². The molecular weight excluding hydrogens is 760 g/mol. The highest BCUT2D eigenvalue weighted by Gasteiger charge is 2.55. The van der Waals surface area contributed by atoms with Crippen molar-refractivity contribution in [2.45, 2.75) is 161 Å². The van der Waals surface area contributed by atoms with Crippen LogP contribution in [-0.4, -0.2) is 73.3 Å². The molecule has 4 aliphatic heterocycles. The fraction of sp³-hybridized carbons (Fsp3) is 0.510. The molecule has 12 heteroatoms. The van der Waals surface area contributed by atoms with Gasteiger partial charge in [-0.05, 0) is 155 Å². The predicted octanol–water partition coefficient (Wildman–Crippen LogP) is 7.27. The first-order valence-corrected chi connectivity index (χ1v) is 22.0. The first-order valence-electron chi connectivity index (χ1n) is 22.0. The second kappa shape index (κ2) is 14.4. The van der Waals surface area contributed by atoms with Gasteiger partial charge < -0.3 is 37.2 Å². The lowest BCUT2D eigenvalue weighted by atomic mass is 9.62. The van der Waals surface area contributed by atoms with Gasteiger partial charge in [0.1, 0.15) is 0 Å². The predicted molar refractivity (Wildman–Crippen MR) is 248 cm³/mol. The maximum atomic E-state index is 6.51. The Morgan fingerprint density at radius 3 is 0.508 bits per heavy atom. The van der Waals surface area contributed by atoms with Crippen LogP contribution in [0.2, 0.25) is 0 Å². The van der Waals surface area contributed by atoms with Gasteiger partial charge in [0.2, 0.25) is 0 Å². The molecule has 0 radical (unpaired) electrons. The van der Waals surface area contributed by atoms with Crippen molar-refractivity contribution in [3.05, 3.63) is 119 Å². The van der Waals surface area contributed by atoms with E-state index >= 15 is 0 Å². The Morgan fingerprint density at radius 1 is 0.246 bits per heavy atom. The van der Waals surface area contributed by atoms with E-state index in [0.29, 0.717) is 0 Å². The summed E-state index contributed by atoms with van der Waals surface area (Å²) in [6.07, 6.45) is 0. The van der Waals surface area contributed by atoms with Crippen LogP contribution >= 0.6 is 0 Å². The quantitative estimate of drug-likeness (QED) is 0.136. The van der Waals surface area contributed by atoms with Gasteiger partial charge in [-0.25, -0.2) is 0 Å². The third kappa shape index (κ3) is 7.31. The van der Waals surface area contributed by atoms with Gasteiger partial charge in [0.25, 0.3) is 0 Å². The van der Waals surface area contributed by atoms with E-state index in [0.717, 1.165) is 44.1 Å². The van der Waals surface area contributed by atoms with Gasteiger partial charge in [-0.3, -0.25) is 0 Å². The smallest absolute Gasteiger partial charge is 0.399 e. The van der Waals surface area contributed by atoms with Crippen molar-refractivity contribution in [3.63, 3.8) is 0 Å². The van der Waals surface area contributed by atoms with Gasteiger partial charge in [0, 0.05) is 0 Å². The highest BCUT2D eigenvalue weighted by atomic mass is 16.7. The van der Waals surface area contributed by atoms with Gasteiger partial charge in [-0.1, -0.05) is 97.1 Å². The summed E-state index contributed by atoms with van der Waals surface area (Å²) in [7, 11) is -1.98. The second-order valence-electron chi connectivity index (χ2n) is 21.6. The van der Waals surface area contributed by atoms with E-state index in [1.165, 1.54) is 0 Å². The van der Waals surface area contributed by atoms with Crippen LogP contribution in [0.15, 0.2) is 97.1 Å². The molecule has 0 atom stereocenters. The zero-order chi connectivity index (χ0) is 44.4. The molecule has 0 N–H and O–H groups in total. The molecule has 0 saturated carbocycles. The lowest BCUT2D eigenvalue weighted by Crippen LogP contribution is -2.41. The van der Waals surface area contributed by atoms with E-state index in [4.69, 9.17) is 37.2 Å². The Kier molecular flexibility index (Phi) is 10.5. The normalized spacial score (nSPS) is 24.1. The summed E-state index contributed by atoms with van der Waals surface area (Å²) in [6.45, 7) is 33.3. The molecule has 4 aromatic carbocycles. The summed E-state index contributed by atoms with van der Waals surface area (Å²) in [5.41, 5.74) is 3.63. The molecular formula is C49H64B4O8. The largest absolute Gasteiger partial charge is 0.494 e. The molecule has 8 rings (SSSR count). The van der Waals surface area contributed by atoms with E-state index in [9.17, 15) is 0 Å². The molecule has 320 valence electrons. The molecule has 0 amide bonds. The fourth-order valence-electron chi connectivity index (χ4n) is 8.48. The molecule has 8 nitrogen and oxygen atoms in total. The minimum absolute atomic E-state index is 0.461. The van der Waals surface area contributed by atoms with Gasteiger partial charge in [0.15, 0.2) is 0 Å². The van der Waals surface area contributed by atoms with Gasteiger partial charge in [-0.2, -0.15) is 0 Å². The molecule has 4 heterocycles. The van der Waals surface area contributed by atoms with Crippen LogP contribution in [0, 0.1) is 0 Å². The zero-order valence-electron chi connectivity index (χ0n) is 39.3. The molecule has 4 saturated heterocycles. The van der Waals surface area contributed by atoms with Crippen molar-refractivity contribution in [2.75, 3.05) is 0 Å². The first-order chi connectivity index (χ1) is 28.1. The monoisotopic (exact) mass is 824 g/mol. The Hall–Kier alpha value is -3.18. The fourth-order valence-corrected chi connectivity index (χ4v) is 8.48. The summed E-state index contributed by atoms with van der Waals surface area (Å²) in [5, 5.41) is 0. The van der Waals surface area contributed by atoms with Crippen LogP contribution in [0.1, 0.15) is 133 Å². The molecule has 0 bridgehead atoms. The maximum Gasteiger partial charge on any atom is 0.494 e. The van der Waals surface area contributed by atoms with E-state index in [1.54, 1.807) is 0 Å². The van der Waals surface area contributed by atoms with E-state index in [-0.39, 0.29) is 0 Å². The minimum atomic E-state index is -0.800. The second-order valence-corrected chi connectivity index (χ2v) is 21.6. The van der Waals surface area contributed by atoms with Gasteiger partial charge in [-0.15, -0.1) is 0 Å². The minimum Gasteiger partial charge on any atom is -0.399 e. The molecule has 0 aromatic heterocycles. The Morgan fingerprint density at radius 2 is 0.377 bits per heavy atom. The maximum absolute atomic E-state index is 6.51. The molecule has 4 aliphatic rings. The standard InChI is InChI=1S/C49H64B4O8/c1-41(2)42(3,4)55-50(54-41)37-25-17-33(18-26-37)49(34-19-27-38(28-20-34)51-56-43(5,6)44(7,8)57-51,35-21-29-39(30-22-35)52-58-45(9,10)46(11,12)59-52)36-23-31-40(32-24-36)53-60-47(13,14)48(15,16)61-53/h17-32H,1-16H3. The molecule has 0 spiro atoms. The summed E-state index contributed by atoms with van der Waals surface area (Å²) in [4.78, 5) is 0. The van der Waals surface area contributed by atoms with E-state index in [1.807, 2.05) is 0 Å². The van der Waals surface area contributed by atoms with E-state index in [2.05, 4.69) is 208 Å². The van der Waals surface area contributed by atoms with Crippen molar-refractivity contribution < 1.29 is 37.2 Å². The summed E-state index contributed by atoms with van der Waals surface area (Å²) in [5.74, 6) is 0. The molecule has 0 unspecified atom stereocenters. The average molecular weight is 824 g/mol. The van der Waals surface area contributed by atoms with Crippen LogP contribution < -0.4 is 21.9 Å². The Balaban J connectivity index is 1.28. The highest BCUT2D eigenvalue weighted by molar-refractivity contribution is 6.63. The topological polar surface area (TPSA) is 73.8 Å². The first kappa shape index (κ1) is 44.4. The molecule has 61 heavy (non-hydrogen) atoms. The van der Waals surface area contributed by atoms with Crippen molar-refractivity contribution in [2.24, 2.45) is 0 Å². The lowest BCUT2D eigenvalue weighted by Gasteiger charge is -2.37. The third-order valence-electron chi connectivity index (χ3n) is 15.5.